The van der Waals surface area contributed by atoms with Gasteiger partial charge < -0.3 is 24.8 Å². The van der Waals surface area contributed by atoms with Gasteiger partial charge in [0.1, 0.15) is 0 Å². The Balaban J connectivity index is 0.000000294. The molecule has 0 heterocycles. The van der Waals surface area contributed by atoms with Crippen molar-refractivity contribution < 1.29 is 51.0 Å². The van der Waals surface area contributed by atoms with Crippen molar-refractivity contribution in [3.8, 4) is 0 Å². The second kappa shape index (κ2) is 19.1. The maximum Gasteiger partial charge on any atom is 4.00 e. The van der Waals surface area contributed by atoms with E-state index in [2.05, 4.69) is 172 Å². The van der Waals surface area contributed by atoms with Gasteiger partial charge in [-0.1, -0.05) is 148 Å². The standard InChI is InChI=1S/2C21H21.2ClH.Zr/c2*1-2-17-21(20-15-9-10-16-20,18-11-5-3-6-12-18)19-13-7-4-8-14-19;;;/h2*3-9,11-15H,2,10,17H2,1H3;2*1H;/q2*-1;;;+4/p-2. The Morgan fingerprint density at radius 2 is 0.733 bits per heavy atom. The minimum atomic E-state index is -0.0652. The molecule has 0 saturated heterocycles. The zero-order valence-electron chi connectivity index (χ0n) is 26.4. The molecule has 2 aliphatic carbocycles. The fraction of sp³-hybridized carbons (Fsp3) is 0.238. The SMILES string of the molecule is CCCC(C1=[C-]CC=C1)(c1ccccc1)c1ccccc1.CCCC(C1=[C-]CC=C1)(c1ccccc1)c1ccccc1.[Cl-].[Cl-].[Zr+4]. The smallest absolute Gasteiger partial charge is 1.00 e. The largest absolute Gasteiger partial charge is 4.00 e. The van der Waals surface area contributed by atoms with Crippen molar-refractivity contribution in [3.05, 3.63) is 191 Å². The molecule has 45 heavy (non-hydrogen) atoms. The second-order valence-electron chi connectivity index (χ2n) is 11.2. The summed E-state index contributed by atoms with van der Waals surface area (Å²) in [6.07, 6.45) is 22.5. The molecule has 228 valence electrons. The Bertz CT molecular complexity index is 1320. The molecule has 0 spiro atoms. The first-order valence-electron chi connectivity index (χ1n) is 15.5. The maximum absolute atomic E-state index is 3.58. The van der Waals surface area contributed by atoms with Crippen LogP contribution >= 0.6 is 0 Å². The third kappa shape index (κ3) is 8.37. The molecule has 4 aromatic rings. The summed E-state index contributed by atoms with van der Waals surface area (Å²) < 4.78 is 0. The van der Waals surface area contributed by atoms with E-state index in [9.17, 15) is 0 Å². The molecule has 0 fully saturated rings. The molecule has 0 aliphatic heterocycles. The predicted molar refractivity (Wildman–Crippen MR) is 178 cm³/mol. The molecule has 4 aromatic carbocycles. The summed E-state index contributed by atoms with van der Waals surface area (Å²) >= 11 is 0. The van der Waals surface area contributed by atoms with E-state index in [1.165, 1.54) is 33.4 Å². The first-order valence-corrected chi connectivity index (χ1v) is 15.5. The zero-order valence-corrected chi connectivity index (χ0v) is 30.3. The molecule has 0 saturated carbocycles. The average Bonchev–Trinajstić information content (AvgIpc) is 3.81. The molecule has 0 unspecified atom stereocenters. The fourth-order valence-corrected chi connectivity index (χ4v) is 6.84. The van der Waals surface area contributed by atoms with E-state index in [1.807, 2.05) is 0 Å². The average molecular weight is 709 g/mol. The van der Waals surface area contributed by atoms with Crippen LogP contribution in [0.1, 0.15) is 74.6 Å². The molecular formula is C42H42Cl2Zr. The molecule has 0 nitrogen and oxygen atoms in total. The van der Waals surface area contributed by atoms with Crippen LogP contribution in [0.15, 0.2) is 157 Å². The van der Waals surface area contributed by atoms with Crippen molar-refractivity contribution in [1.29, 1.82) is 0 Å². The summed E-state index contributed by atoms with van der Waals surface area (Å²) in [7, 11) is 0. The Morgan fingerprint density at radius 1 is 0.467 bits per heavy atom. The topological polar surface area (TPSA) is 0 Å². The van der Waals surface area contributed by atoms with Crippen molar-refractivity contribution in [2.75, 3.05) is 0 Å². The van der Waals surface area contributed by atoms with Crippen LogP contribution < -0.4 is 24.8 Å². The maximum atomic E-state index is 3.58. The number of benzene rings is 4. The van der Waals surface area contributed by atoms with E-state index in [4.69, 9.17) is 0 Å². The molecule has 6 rings (SSSR count). The summed E-state index contributed by atoms with van der Waals surface area (Å²) in [6.45, 7) is 4.53. The number of halogens is 2. The van der Waals surface area contributed by atoms with E-state index in [0.717, 1.165) is 38.5 Å². The summed E-state index contributed by atoms with van der Waals surface area (Å²) in [5, 5.41) is 0. The van der Waals surface area contributed by atoms with Gasteiger partial charge in [0.2, 0.25) is 0 Å². The Kier molecular flexibility index (Phi) is 16.3. The molecule has 2 aliphatic rings. The molecule has 0 N–H and O–H groups in total. The number of rotatable bonds is 10. The van der Waals surface area contributed by atoms with E-state index in [0.29, 0.717) is 0 Å². The Labute approximate surface area is 303 Å². The van der Waals surface area contributed by atoms with Crippen LogP contribution in [-0.2, 0) is 37.0 Å². The van der Waals surface area contributed by atoms with Gasteiger partial charge in [0.15, 0.2) is 0 Å². The van der Waals surface area contributed by atoms with E-state index < -0.39 is 0 Å². The molecular weight excluding hydrogens is 667 g/mol. The van der Waals surface area contributed by atoms with Crippen LogP contribution in [0.4, 0.5) is 0 Å². The Morgan fingerprint density at radius 3 is 0.933 bits per heavy atom. The fourth-order valence-electron chi connectivity index (χ4n) is 6.84. The van der Waals surface area contributed by atoms with Gasteiger partial charge in [0.25, 0.3) is 0 Å². The predicted octanol–water partition coefficient (Wildman–Crippen LogP) is 4.93. The molecule has 0 aromatic heterocycles. The number of allylic oxidation sites excluding steroid dienone is 8. The van der Waals surface area contributed by atoms with Gasteiger partial charge in [0.05, 0.1) is 0 Å². The van der Waals surface area contributed by atoms with Crippen LogP contribution in [0.25, 0.3) is 0 Å². The van der Waals surface area contributed by atoms with E-state index in [1.54, 1.807) is 0 Å². The second-order valence-corrected chi connectivity index (χ2v) is 11.2. The van der Waals surface area contributed by atoms with Crippen molar-refractivity contribution in [3.63, 3.8) is 0 Å². The van der Waals surface area contributed by atoms with Crippen molar-refractivity contribution >= 4 is 0 Å². The molecule has 0 amide bonds. The van der Waals surface area contributed by atoms with Gasteiger partial charge in [-0.25, -0.2) is 23.3 Å². The van der Waals surface area contributed by atoms with Crippen LogP contribution in [0.2, 0.25) is 0 Å². The molecule has 0 atom stereocenters. The van der Waals surface area contributed by atoms with Crippen molar-refractivity contribution in [1.82, 2.24) is 0 Å². The molecule has 3 heteroatoms. The molecule has 0 radical (unpaired) electrons. The Hall–Kier alpha value is -2.70. The third-order valence-corrected chi connectivity index (χ3v) is 8.63. The van der Waals surface area contributed by atoms with Gasteiger partial charge in [-0.05, 0) is 35.1 Å². The number of hydrogen-bond acceptors (Lipinski definition) is 0. The van der Waals surface area contributed by atoms with Gasteiger partial charge in [0, 0.05) is 10.8 Å². The quantitative estimate of drug-likeness (QED) is 0.205. The summed E-state index contributed by atoms with van der Waals surface area (Å²) in [4.78, 5) is 0. The van der Waals surface area contributed by atoms with E-state index in [-0.39, 0.29) is 61.8 Å². The monoisotopic (exact) mass is 706 g/mol. The van der Waals surface area contributed by atoms with Crippen molar-refractivity contribution in [2.45, 2.75) is 63.2 Å². The summed E-state index contributed by atoms with van der Waals surface area (Å²) in [6, 6.07) is 43.5. The van der Waals surface area contributed by atoms with Crippen LogP contribution in [-0.4, -0.2) is 0 Å². The first kappa shape index (κ1) is 38.5. The van der Waals surface area contributed by atoms with Crippen LogP contribution in [0, 0.1) is 12.2 Å². The van der Waals surface area contributed by atoms with Crippen LogP contribution in [0.5, 0.6) is 0 Å². The summed E-state index contributed by atoms with van der Waals surface area (Å²) in [5.41, 5.74) is 7.98. The van der Waals surface area contributed by atoms with Gasteiger partial charge in [-0.15, -0.1) is 12.8 Å². The van der Waals surface area contributed by atoms with E-state index >= 15 is 0 Å². The number of hydrogen-bond donors (Lipinski definition) is 0. The normalized spacial score (nSPS) is 13.3. The van der Waals surface area contributed by atoms with Gasteiger partial charge in [-0.3, -0.25) is 12.2 Å². The third-order valence-electron chi connectivity index (χ3n) is 8.63. The summed E-state index contributed by atoms with van der Waals surface area (Å²) in [5.74, 6) is 0. The first-order chi connectivity index (χ1) is 20.8. The minimum absolute atomic E-state index is 0. The van der Waals surface area contributed by atoms with Gasteiger partial charge >= 0.3 is 26.2 Å². The zero-order chi connectivity index (χ0) is 29.1. The van der Waals surface area contributed by atoms with Gasteiger partial charge in [-0.2, -0.15) is 12.2 Å². The minimum Gasteiger partial charge on any atom is -1.00 e. The van der Waals surface area contributed by atoms with Crippen LogP contribution in [0.3, 0.4) is 0 Å². The molecule has 0 bridgehead atoms. The van der Waals surface area contributed by atoms with Crippen molar-refractivity contribution in [2.24, 2.45) is 0 Å².